The average molecular weight is 419 g/mol. The van der Waals surface area contributed by atoms with Crippen LogP contribution in [0.25, 0.3) is 22.0 Å². The Balaban J connectivity index is 1.53. The summed E-state index contributed by atoms with van der Waals surface area (Å²) >= 11 is 0. The van der Waals surface area contributed by atoms with Crippen LogP contribution in [0.3, 0.4) is 0 Å². The molecule has 31 heavy (non-hydrogen) atoms. The van der Waals surface area contributed by atoms with Crippen molar-refractivity contribution in [1.82, 2.24) is 14.9 Å². The molecule has 7 heteroatoms. The number of amides is 1. The van der Waals surface area contributed by atoms with E-state index >= 15 is 8.78 Å². The lowest BCUT2D eigenvalue weighted by atomic mass is 9.97. The molecule has 5 nitrogen and oxygen atoms in total. The van der Waals surface area contributed by atoms with E-state index in [4.69, 9.17) is 2.74 Å². The van der Waals surface area contributed by atoms with Crippen LogP contribution in [-0.2, 0) is 19.6 Å². The Kier molecular flexibility index (Phi) is 4.13. The van der Waals surface area contributed by atoms with Gasteiger partial charge in [0, 0.05) is 28.9 Å². The van der Waals surface area contributed by atoms with E-state index in [-0.39, 0.29) is 35.7 Å². The van der Waals surface area contributed by atoms with Crippen LogP contribution >= 0.6 is 0 Å². The highest BCUT2D eigenvalue weighted by Gasteiger charge is 2.29. The van der Waals surface area contributed by atoms with E-state index in [2.05, 4.69) is 9.97 Å². The summed E-state index contributed by atoms with van der Waals surface area (Å²) in [5, 5.41) is 10.2. The van der Waals surface area contributed by atoms with Gasteiger partial charge >= 0.3 is 0 Å². The first-order valence-electron chi connectivity index (χ1n) is 10.6. The van der Waals surface area contributed by atoms with E-state index in [0.29, 0.717) is 27.7 Å². The van der Waals surface area contributed by atoms with E-state index in [1.807, 2.05) is 0 Å². The molecule has 4 aromatic rings. The van der Waals surface area contributed by atoms with Crippen molar-refractivity contribution < 1.29 is 21.4 Å². The molecule has 0 bridgehead atoms. The fourth-order valence-electron chi connectivity index (χ4n) is 3.91. The molecular formula is C24H17F2N3O2. The number of pyridine rings is 2. The summed E-state index contributed by atoms with van der Waals surface area (Å²) in [5.41, 5.74) is 1.67. The van der Waals surface area contributed by atoms with Gasteiger partial charge in [-0.15, -0.1) is 0 Å². The van der Waals surface area contributed by atoms with Crippen LogP contribution in [0.15, 0.2) is 60.9 Å². The molecule has 2 aromatic carbocycles. The first-order valence-corrected chi connectivity index (χ1v) is 9.56. The fourth-order valence-corrected chi connectivity index (χ4v) is 3.91. The Morgan fingerprint density at radius 2 is 1.77 bits per heavy atom. The van der Waals surface area contributed by atoms with Crippen LogP contribution in [0.5, 0.6) is 0 Å². The minimum atomic E-state index is -2.60. The number of hydrogen-bond acceptors (Lipinski definition) is 4. The first kappa shape index (κ1) is 17.0. The molecule has 0 unspecified atom stereocenters. The monoisotopic (exact) mass is 419 g/mol. The molecule has 2 aromatic heterocycles. The average Bonchev–Trinajstić information content (AvgIpc) is 3.10. The maximum absolute atomic E-state index is 15.1. The molecule has 0 fully saturated rings. The van der Waals surface area contributed by atoms with Gasteiger partial charge in [0.1, 0.15) is 11.6 Å². The van der Waals surface area contributed by atoms with Crippen molar-refractivity contribution in [2.24, 2.45) is 0 Å². The minimum Gasteiger partial charge on any atom is -0.392 e. The normalized spacial score (nSPS) is 14.5. The summed E-state index contributed by atoms with van der Waals surface area (Å²) in [6, 6.07) is 11.6. The second kappa shape index (κ2) is 7.52. The quantitative estimate of drug-likeness (QED) is 0.538. The standard InChI is InChI=1S/C24H17F2N3O2/c25-20-9-15(17-6-5-14(13-30)16-3-1-8-28-23(16)17)10-21(26)19(20)11-29-12-22-18(24(29)31)4-2-7-27-22/h1-10,30H,11-13H2/i13D2. The van der Waals surface area contributed by atoms with Gasteiger partial charge in [0.2, 0.25) is 0 Å². The zero-order valence-corrected chi connectivity index (χ0v) is 16.1. The molecule has 0 saturated heterocycles. The molecule has 3 heterocycles. The smallest absolute Gasteiger partial charge is 0.256 e. The van der Waals surface area contributed by atoms with Crippen LogP contribution in [-0.4, -0.2) is 25.9 Å². The minimum absolute atomic E-state index is 0.00707. The van der Waals surface area contributed by atoms with Gasteiger partial charge < -0.3 is 10.0 Å². The van der Waals surface area contributed by atoms with Crippen LogP contribution in [0.1, 0.15) is 29.9 Å². The number of aromatic nitrogens is 2. The number of hydrogen-bond donors (Lipinski definition) is 1. The fraction of sp³-hybridized carbons (Fsp3) is 0.125. The summed E-state index contributed by atoms with van der Waals surface area (Å²) in [4.78, 5) is 22.3. The van der Waals surface area contributed by atoms with E-state index in [9.17, 15) is 9.90 Å². The van der Waals surface area contributed by atoms with Crippen molar-refractivity contribution in [3.63, 3.8) is 0 Å². The predicted octanol–water partition coefficient (Wildman–Crippen LogP) is 4.22. The van der Waals surface area contributed by atoms with E-state index in [0.717, 1.165) is 0 Å². The van der Waals surface area contributed by atoms with Gasteiger partial charge in [0.25, 0.3) is 5.91 Å². The topological polar surface area (TPSA) is 66.3 Å². The Bertz CT molecular complexity index is 1400. The van der Waals surface area contributed by atoms with Crippen molar-refractivity contribution in [2.45, 2.75) is 19.6 Å². The number of nitrogens with zero attached hydrogens (tertiary/aromatic N) is 3. The molecule has 0 spiro atoms. The second-order valence-corrected chi connectivity index (χ2v) is 7.25. The van der Waals surface area contributed by atoms with Crippen LogP contribution < -0.4 is 0 Å². The Hall–Kier alpha value is -3.71. The van der Waals surface area contributed by atoms with E-state index in [1.165, 1.54) is 35.4 Å². The number of fused-ring (bicyclic) bond motifs is 2. The van der Waals surface area contributed by atoms with Crippen molar-refractivity contribution in [2.75, 3.05) is 0 Å². The van der Waals surface area contributed by atoms with Gasteiger partial charge in [-0.1, -0.05) is 18.2 Å². The number of rotatable bonds is 4. The molecule has 1 aliphatic heterocycles. The zero-order valence-electron chi connectivity index (χ0n) is 18.1. The number of carbonyl (C=O) groups is 1. The van der Waals surface area contributed by atoms with Crippen molar-refractivity contribution >= 4 is 16.8 Å². The SMILES string of the molecule is [2H]C([2H])(O)c1ccc(-c2cc(F)c(CN3Cc4ncccc4C3=O)c(F)c2)c2ncccc12. The van der Waals surface area contributed by atoms with Gasteiger partial charge in [-0.2, -0.15) is 0 Å². The lowest BCUT2D eigenvalue weighted by Gasteiger charge is -2.17. The van der Waals surface area contributed by atoms with Crippen molar-refractivity contribution in [1.29, 1.82) is 0 Å². The number of benzene rings is 2. The van der Waals surface area contributed by atoms with Gasteiger partial charge in [-0.3, -0.25) is 14.8 Å². The van der Waals surface area contributed by atoms with E-state index in [1.54, 1.807) is 30.5 Å². The van der Waals surface area contributed by atoms with Crippen LogP contribution in [0.4, 0.5) is 8.78 Å². The summed E-state index contributed by atoms with van der Waals surface area (Å²) in [6.07, 6.45) is 3.05. The molecule has 0 aliphatic carbocycles. The second-order valence-electron chi connectivity index (χ2n) is 7.25. The van der Waals surface area contributed by atoms with Crippen LogP contribution in [0, 0.1) is 11.6 Å². The summed E-state index contributed by atoms with van der Waals surface area (Å²) in [5.74, 6) is -1.95. The van der Waals surface area contributed by atoms with Crippen molar-refractivity contribution in [3.05, 3.63) is 94.9 Å². The number of aliphatic hydroxyl groups is 1. The summed E-state index contributed by atoms with van der Waals surface area (Å²) in [6.45, 7) is -2.67. The molecule has 1 amide bonds. The predicted molar refractivity (Wildman–Crippen MR) is 111 cm³/mol. The lowest BCUT2D eigenvalue weighted by Crippen LogP contribution is -2.24. The molecule has 154 valence electrons. The summed E-state index contributed by atoms with van der Waals surface area (Å²) < 4.78 is 45.4. The third-order valence-electron chi connectivity index (χ3n) is 5.44. The molecule has 0 atom stereocenters. The zero-order chi connectivity index (χ0) is 23.3. The summed E-state index contributed by atoms with van der Waals surface area (Å²) in [7, 11) is 0. The highest BCUT2D eigenvalue weighted by atomic mass is 19.1. The highest BCUT2D eigenvalue weighted by Crippen LogP contribution is 2.32. The van der Waals surface area contributed by atoms with E-state index < -0.39 is 18.2 Å². The third-order valence-corrected chi connectivity index (χ3v) is 5.44. The number of halogens is 2. The molecule has 0 saturated carbocycles. The van der Waals surface area contributed by atoms with Gasteiger partial charge in [0.05, 0.1) is 39.2 Å². The van der Waals surface area contributed by atoms with Crippen molar-refractivity contribution in [3.8, 4) is 11.1 Å². The third kappa shape index (κ3) is 3.23. The largest absolute Gasteiger partial charge is 0.392 e. The maximum atomic E-state index is 15.1. The van der Waals surface area contributed by atoms with Gasteiger partial charge in [-0.25, -0.2) is 8.78 Å². The Morgan fingerprint density at radius 1 is 1.03 bits per heavy atom. The molecule has 5 rings (SSSR count). The lowest BCUT2D eigenvalue weighted by molar-refractivity contribution is 0.0763. The van der Waals surface area contributed by atoms with Crippen LogP contribution in [0.2, 0.25) is 0 Å². The van der Waals surface area contributed by atoms with Gasteiger partial charge in [-0.05, 0) is 41.5 Å². The Labute approximate surface area is 179 Å². The molecule has 1 aliphatic rings. The number of carbonyl (C=O) groups excluding carboxylic acids is 1. The van der Waals surface area contributed by atoms with Gasteiger partial charge in [0.15, 0.2) is 0 Å². The molecular weight excluding hydrogens is 400 g/mol. The molecule has 1 N–H and O–H groups in total. The first-order chi connectivity index (χ1) is 15.7. The molecule has 0 radical (unpaired) electrons. The highest BCUT2D eigenvalue weighted by molar-refractivity contribution is 5.98. The Morgan fingerprint density at radius 3 is 2.52 bits per heavy atom. The maximum Gasteiger partial charge on any atom is 0.256 e.